The fraction of sp³-hybridized carbons (Fsp3) is 0.200. The van der Waals surface area contributed by atoms with E-state index in [1.165, 1.54) is 0 Å². The Kier molecular flexibility index (Phi) is 5.33. The molecule has 2 unspecified atom stereocenters. The number of nitrogens with two attached hydrogens (primary N) is 1. The number of hydrogen-bond donors (Lipinski definition) is 1. The minimum atomic E-state index is -0.293. The maximum Gasteiger partial charge on any atom is 0.140 e. The van der Waals surface area contributed by atoms with Crippen molar-refractivity contribution in [1.29, 1.82) is 0 Å². The zero-order valence-corrected chi connectivity index (χ0v) is 13.9. The van der Waals surface area contributed by atoms with Crippen molar-refractivity contribution in [1.82, 2.24) is 0 Å². The summed E-state index contributed by atoms with van der Waals surface area (Å²) in [6.07, 6.45) is -0.293. The van der Waals surface area contributed by atoms with Crippen LogP contribution < -0.4 is 10.5 Å². The third-order valence-electron chi connectivity index (χ3n) is 2.85. The molecule has 2 aromatic carbocycles. The normalized spacial score (nSPS) is 13.8. The molecule has 2 nitrogen and oxygen atoms in total. The molecular weight excluding hydrogens is 361 g/mol. The molecule has 0 radical (unpaired) electrons. The van der Waals surface area contributed by atoms with Crippen LogP contribution >= 0.6 is 39.1 Å². The van der Waals surface area contributed by atoms with Crippen molar-refractivity contribution >= 4 is 39.1 Å². The Morgan fingerprint density at radius 2 is 1.75 bits per heavy atom. The van der Waals surface area contributed by atoms with E-state index in [9.17, 15) is 0 Å². The average molecular weight is 375 g/mol. The van der Waals surface area contributed by atoms with Crippen LogP contribution in [0.4, 0.5) is 0 Å². The van der Waals surface area contributed by atoms with Gasteiger partial charge in [0.25, 0.3) is 0 Å². The predicted octanol–water partition coefficient (Wildman–Crippen LogP) is 5.22. The summed E-state index contributed by atoms with van der Waals surface area (Å²) < 4.78 is 6.96. The molecule has 0 aliphatic heterocycles. The molecule has 0 heterocycles. The van der Waals surface area contributed by atoms with Crippen LogP contribution in [0.3, 0.4) is 0 Å². The van der Waals surface area contributed by atoms with Gasteiger partial charge in [-0.2, -0.15) is 0 Å². The van der Waals surface area contributed by atoms with Crippen LogP contribution in [-0.4, -0.2) is 6.04 Å². The van der Waals surface area contributed by atoms with Crippen molar-refractivity contribution in [2.45, 2.75) is 19.1 Å². The third-order valence-corrected chi connectivity index (χ3v) is 4.18. The van der Waals surface area contributed by atoms with Crippen molar-refractivity contribution in [2.24, 2.45) is 5.73 Å². The number of benzene rings is 2. The van der Waals surface area contributed by atoms with Gasteiger partial charge in [-0.25, -0.2) is 0 Å². The highest BCUT2D eigenvalue weighted by Crippen LogP contribution is 2.35. The van der Waals surface area contributed by atoms with E-state index in [-0.39, 0.29) is 12.1 Å². The molecule has 2 rings (SSSR count). The second-order valence-electron chi connectivity index (χ2n) is 4.50. The van der Waals surface area contributed by atoms with Crippen molar-refractivity contribution in [3.8, 4) is 5.75 Å². The summed E-state index contributed by atoms with van der Waals surface area (Å²) in [6, 6.07) is 12.9. The molecule has 2 aromatic rings. The lowest BCUT2D eigenvalue weighted by Crippen LogP contribution is -2.29. The van der Waals surface area contributed by atoms with Crippen LogP contribution in [-0.2, 0) is 0 Å². The largest absolute Gasteiger partial charge is 0.482 e. The number of ether oxygens (including phenoxy) is 1. The standard InChI is InChI=1S/C15H14BrCl2NO/c1-9(19)15(10-5-7-11(16)8-6-10)20-13-4-2-3-12(17)14(13)18/h2-9,15H,19H2,1H3. The molecule has 20 heavy (non-hydrogen) atoms. The molecule has 0 bridgehead atoms. The van der Waals surface area contributed by atoms with Gasteiger partial charge >= 0.3 is 0 Å². The van der Waals surface area contributed by atoms with Gasteiger partial charge in [0.2, 0.25) is 0 Å². The Bertz CT molecular complexity index is 587. The van der Waals surface area contributed by atoms with Crippen LogP contribution in [0.1, 0.15) is 18.6 Å². The summed E-state index contributed by atoms with van der Waals surface area (Å²) in [5.41, 5.74) is 7.02. The van der Waals surface area contributed by atoms with E-state index in [4.69, 9.17) is 33.7 Å². The van der Waals surface area contributed by atoms with Crippen LogP contribution in [0.15, 0.2) is 46.9 Å². The van der Waals surface area contributed by atoms with E-state index >= 15 is 0 Å². The molecule has 0 fully saturated rings. The molecule has 2 atom stereocenters. The van der Waals surface area contributed by atoms with E-state index in [0.717, 1.165) is 10.0 Å². The molecule has 0 spiro atoms. The summed E-state index contributed by atoms with van der Waals surface area (Å²) in [4.78, 5) is 0. The SMILES string of the molecule is CC(N)C(Oc1cccc(Cl)c1Cl)c1ccc(Br)cc1. The lowest BCUT2D eigenvalue weighted by atomic mass is 10.0. The summed E-state index contributed by atoms with van der Waals surface area (Å²) in [6.45, 7) is 1.89. The summed E-state index contributed by atoms with van der Waals surface area (Å²) >= 11 is 15.6. The lowest BCUT2D eigenvalue weighted by molar-refractivity contribution is 0.180. The first-order valence-corrected chi connectivity index (χ1v) is 7.65. The quantitative estimate of drug-likeness (QED) is 0.795. The molecule has 5 heteroatoms. The first-order chi connectivity index (χ1) is 9.49. The molecule has 0 aliphatic carbocycles. The highest BCUT2D eigenvalue weighted by molar-refractivity contribution is 9.10. The van der Waals surface area contributed by atoms with E-state index in [0.29, 0.717) is 15.8 Å². The molecule has 106 valence electrons. The Hall–Kier alpha value is -0.740. The Labute approximate surface area is 137 Å². The van der Waals surface area contributed by atoms with E-state index in [2.05, 4.69) is 15.9 Å². The number of rotatable bonds is 4. The summed E-state index contributed by atoms with van der Waals surface area (Å²) in [5, 5.41) is 0.861. The maximum absolute atomic E-state index is 6.15. The van der Waals surface area contributed by atoms with Crippen LogP contribution in [0.5, 0.6) is 5.75 Å². The highest BCUT2D eigenvalue weighted by Gasteiger charge is 2.20. The minimum absolute atomic E-state index is 0.189. The van der Waals surface area contributed by atoms with Crippen molar-refractivity contribution < 1.29 is 4.74 Å². The second kappa shape index (κ2) is 6.81. The third kappa shape index (κ3) is 3.67. The van der Waals surface area contributed by atoms with E-state index in [1.807, 2.05) is 31.2 Å². The van der Waals surface area contributed by atoms with Gasteiger partial charge in [-0.15, -0.1) is 0 Å². The van der Waals surface area contributed by atoms with Gasteiger partial charge in [-0.3, -0.25) is 0 Å². The van der Waals surface area contributed by atoms with Crippen LogP contribution in [0.2, 0.25) is 10.0 Å². The zero-order valence-electron chi connectivity index (χ0n) is 10.8. The van der Waals surface area contributed by atoms with Crippen molar-refractivity contribution in [3.63, 3.8) is 0 Å². The molecule has 0 amide bonds. The minimum Gasteiger partial charge on any atom is -0.482 e. The molecule has 2 N–H and O–H groups in total. The molecule has 0 saturated carbocycles. The van der Waals surface area contributed by atoms with Crippen molar-refractivity contribution in [2.75, 3.05) is 0 Å². The predicted molar refractivity (Wildman–Crippen MR) is 87.6 cm³/mol. The first-order valence-electron chi connectivity index (χ1n) is 6.10. The van der Waals surface area contributed by atoms with Gasteiger partial charge in [0.15, 0.2) is 0 Å². The van der Waals surface area contributed by atoms with Gasteiger partial charge in [-0.05, 0) is 36.8 Å². The van der Waals surface area contributed by atoms with Crippen LogP contribution in [0, 0.1) is 0 Å². The fourth-order valence-electron chi connectivity index (χ4n) is 1.84. The van der Waals surface area contributed by atoms with Crippen molar-refractivity contribution in [3.05, 3.63) is 62.5 Å². The molecular formula is C15H14BrCl2NO. The van der Waals surface area contributed by atoms with Gasteiger partial charge in [-0.1, -0.05) is 57.3 Å². The van der Waals surface area contributed by atoms with Crippen LogP contribution in [0.25, 0.3) is 0 Å². The second-order valence-corrected chi connectivity index (χ2v) is 6.20. The maximum atomic E-state index is 6.15. The molecule has 0 aromatic heterocycles. The molecule has 0 saturated heterocycles. The lowest BCUT2D eigenvalue weighted by Gasteiger charge is -2.23. The summed E-state index contributed by atoms with van der Waals surface area (Å²) in [7, 11) is 0. The highest BCUT2D eigenvalue weighted by atomic mass is 79.9. The zero-order chi connectivity index (χ0) is 14.7. The topological polar surface area (TPSA) is 35.2 Å². The number of halogens is 3. The first kappa shape index (κ1) is 15.6. The number of hydrogen-bond acceptors (Lipinski definition) is 2. The van der Waals surface area contributed by atoms with Gasteiger partial charge < -0.3 is 10.5 Å². The van der Waals surface area contributed by atoms with Gasteiger partial charge in [0.05, 0.1) is 5.02 Å². The average Bonchev–Trinajstić information content (AvgIpc) is 2.41. The molecule has 0 aliphatic rings. The van der Waals surface area contributed by atoms with Gasteiger partial charge in [0, 0.05) is 10.5 Å². The Morgan fingerprint density at radius 3 is 2.35 bits per heavy atom. The monoisotopic (exact) mass is 373 g/mol. The Balaban J connectivity index is 2.30. The smallest absolute Gasteiger partial charge is 0.140 e. The Morgan fingerprint density at radius 1 is 1.10 bits per heavy atom. The van der Waals surface area contributed by atoms with E-state index < -0.39 is 0 Å². The van der Waals surface area contributed by atoms with Gasteiger partial charge in [0.1, 0.15) is 16.9 Å². The summed E-state index contributed by atoms with van der Waals surface area (Å²) in [5.74, 6) is 0.532. The fourth-order valence-corrected chi connectivity index (χ4v) is 2.44. The van der Waals surface area contributed by atoms with E-state index in [1.54, 1.807) is 18.2 Å².